The van der Waals surface area contributed by atoms with Crippen LogP contribution in [-0.2, 0) is 9.59 Å². The first kappa shape index (κ1) is 14.5. The van der Waals surface area contributed by atoms with Gasteiger partial charge in [-0.25, -0.2) is 0 Å². The normalized spacial score (nSPS) is 28.2. The zero-order valence-corrected chi connectivity index (χ0v) is 12.6. The van der Waals surface area contributed by atoms with E-state index < -0.39 is 0 Å². The molecular weight excluding hydrogens is 238 g/mol. The molecule has 2 aliphatic carbocycles. The highest BCUT2D eigenvalue weighted by Gasteiger charge is 2.40. The molecule has 2 rings (SSSR count). The van der Waals surface area contributed by atoms with Gasteiger partial charge >= 0.3 is 0 Å². The quantitative estimate of drug-likeness (QED) is 0.769. The molecule has 0 radical (unpaired) electrons. The van der Waals surface area contributed by atoms with Crippen LogP contribution in [0.3, 0.4) is 0 Å². The number of Topliss-reactive ketones (excluding diaryl/α,β-unsaturated/α-hetero) is 1. The van der Waals surface area contributed by atoms with Gasteiger partial charge in [-0.3, -0.25) is 9.59 Å². The van der Waals surface area contributed by atoms with Crippen LogP contribution >= 0.6 is 0 Å². The van der Waals surface area contributed by atoms with E-state index in [1.54, 1.807) is 0 Å². The molecule has 3 heteroatoms. The Kier molecular flexibility index (Phi) is 4.32. The molecule has 0 aromatic carbocycles. The van der Waals surface area contributed by atoms with Gasteiger partial charge in [0.2, 0.25) is 5.91 Å². The van der Waals surface area contributed by atoms with E-state index in [9.17, 15) is 9.59 Å². The predicted octanol–water partition coefficient (Wildman–Crippen LogP) is 3.17. The van der Waals surface area contributed by atoms with E-state index in [0.29, 0.717) is 24.5 Å². The maximum atomic E-state index is 12.7. The van der Waals surface area contributed by atoms with Crippen LogP contribution in [0.25, 0.3) is 0 Å². The molecule has 2 saturated carbocycles. The Morgan fingerprint density at radius 2 is 1.79 bits per heavy atom. The third-order valence-electron chi connectivity index (χ3n) is 5.21. The van der Waals surface area contributed by atoms with Crippen LogP contribution in [-0.4, -0.2) is 29.7 Å². The second-order valence-electron chi connectivity index (χ2n) is 7.01. The molecular formula is C16H27NO2. The molecule has 1 atom stereocenters. The lowest BCUT2D eigenvalue weighted by Gasteiger charge is -2.41. The first-order valence-electron chi connectivity index (χ1n) is 7.70. The van der Waals surface area contributed by atoms with Crippen molar-refractivity contribution in [2.75, 3.05) is 7.05 Å². The van der Waals surface area contributed by atoms with Gasteiger partial charge in [-0.1, -0.05) is 26.7 Å². The maximum absolute atomic E-state index is 12.7. The number of hydrogen-bond acceptors (Lipinski definition) is 2. The number of amides is 1. The molecule has 0 aromatic heterocycles. The molecule has 0 aromatic rings. The van der Waals surface area contributed by atoms with E-state index in [1.807, 2.05) is 11.9 Å². The van der Waals surface area contributed by atoms with E-state index in [1.165, 1.54) is 12.8 Å². The molecule has 0 saturated heterocycles. The SMILES string of the molecule is CN(C(=O)C1CCCCC1(C)C)C1CCC(=O)CC1. The number of rotatable bonds is 2. The van der Waals surface area contributed by atoms with Gasteiger partial charge in [0.1, 0.15) is 5.78 Å². The summed E-state index contributed by atoms with van der Waals surface area (Å²) in [7, 11) is 1.94. The van der Waals surface area contributed by atoms with Gasteiger partial charge in [-0.15, -0.1) is 0 Å². The van der Waals surface area contributed by atoms with Crippen molar-refractivity contribution in [3.05, 3.63) is 0 Å². The van der Waals surface area contributed by atoms with Gasteiger partial charge in [0.05, 0.1) is 0 Å². The van der Waals surface area contributed by atoms with Crippen LogP contribution < -0.4 is 0 Å². The molecule has 108 valence electrons. The predicted molar refractivity (Wildman–Crippen MR) is 75.8 cm³/mol. The minimum Gasteiger partial charge on any atom is -0.342 e. The number of ketones is 1. The summed E-state index contributed by atoms with van der Waals surface area (Å²) in [6.45, 7) is 4.46. The Labute approximate surface area is 116 Å². The summed E-state index contributed by atoms with van der Waals surface area (Å²) in [5, 5.41) is 0. The lowest BCUT2D eigenvalue weighted by atomic mass is 9.68. The zero-order valence-electron chi connectivity index (χ0n) is 12.6. The number of carbonyl (C=O) groups is 2. The van der Waals surface area contributed by atoms with Gasteiger partial charge in [-0.05, 0) is 31.1 Å². The Balaban J connectivity index is 2.00. The lowest BCUT2D eigenvalue weighted by molar-refractivity contribution is -0.143. The van der Waals surface area contributed by atoms with Crippen molar-refractivity contribution >= 4 is 11.7 Å². The van der Waals surface area contributed by atoms with Gasteiger partial charge in [0.25, 0.3) is 0 Å². The number of carbonyl (C=O) groups excluding carboxylic acids is 2. The van der Waals surface area contributed by atoms with Gasteiger partial charge in [0.15, 0.2) is 0 Å². The maximum Gasteiger partial charge on any atom is 0.226 e. The average molecular weight is 265 g/mol. The Hall–Kier alpha value is -0.860. The molecule has 1 unspecified atom stereocenters. The second-order valence-corrected chi connectivity index (χ2v) is 7.01. The van der Waals surface area contributed by atoms with Crippen molar-refractivity contribution in [1.29, 1.82) is 0 Å². The van der Waals surface area contributed by atoms with Crippen LogP contribution in [0.2, 0.25) is 0 Å². The summed E-state index contributed by atoms with van der Waals surface area (Å²) < 4.78 is 0. The van der Waals surface area contributed by atoms with Gasteiger partial charge in [0, 0.05) is 31.8 Å². The standard InChI is InChI=1S/C16H27NO2/c1-16(2)11-5-4-6-14(16)15(19)17(3)12-7-9-13(18)10-8-12/h12,14H,4-11H2,1-3H3. The molecule has 2 aliphatic rings. The smallest absolute Gasteiger partial charge is 0.226 e. The topological polar surface area (TPSA) is 37.4 Å². The van der Waals surface area contributed by atoms with Crippen molar-refractivity contribution in [2.24, 2.45) is 11.3 Å². The first-order chi connectivity index (χ1) is 8.92. The van der Waals surface area contributed by atoms with Crippen LogP contribution in [0.4, 0.5) is 0 Å². The van der Waals surface area contributed by atoms with Crippen LogP contribution in [0.1, 0.15) is 65.2 Å². The summed E-state index contributed by atoms with van der Waals surface area (Å²) in [6.07, 6.45) is 7.62. The highest BCUT2D eigenvalue weighted by atomic mass is 16.2. The van der Waals surface area contributed by atoms with Gasteiger partial charge < -0.3 is 4.90 Å². The van der Waals surface area contributed by atoms with E-state index in [2.05, 4.69) is 13.8 Å². The largest absolute Gasteiger partial charge is 0.342 e. The molecule has 0 N–H and O–H groups in total. The third kappa shape index (κ3) is 3.18. The van der Waals surface area contributed by atoms with E-state index >= 15 is 0 Å². The van der Waals surface area contributed by atoms with Crippen LogP contribution in [0.5, 0.6) is 0 Å². The van der Waals surface area contributed by atoms with Gasteiger partial charge in [-0.2, -0.15) is 0 Å². The Morgan fingerprint density at radius 1 is 1.16 bits per heavy atom. The summed E-state index contributed by atoms with van der Waals surface area (Å²) in [5.41, 5.74) is 0.133. The van der Waals surface area contributed by atoms with E-state index in [4.69, 9.17) is 0 Å². The summed E-state index contributed by atoms with van der Waals surface area (Å²) in [5.74, 6) is 0.836. The second kappa shape index (κ2) is 5.64. The molecule has 0 aliphatic heterocycles. The summed E-state index contributed by atoms with van der Waals surface area (Å²) in [4.78, 5) is 26.0. The average Bonchev–Trinajstić information content (AvgIpc) is 2.37. The Bertz CT molecular complexity index is 352. The summed E-state index contributed by atoms with van der Waals surface area (Å²) in [6, 6.07) is 0.280. The zero-order chi connectivity index (χ0) is 14.0. The van der Waals surface area contributed by atoms with Crippen molar-refractivity contribution in [3.8, 4) is 0 Å². The molecule has 3 nitrogen and oxygen atoms in total. The lowest BCUT2D eigenvalue weighted by Crippen LogP contribution is -2.47. The van der Waals surface area contributed by atoms with Crippen LogP contribution in [0.15, 0.2) is 0 Å². The minimum absolute atomic E-state index is 0.133. The highest BCUT2D eigenvalue weighted by molar-refractivity contribution is 5.81. The fraction of sp³-hybridized carbons (Fsp3) is 0.875. The van der Waals surface area contributed by atoms with Crippen molar-refractivity contribution in [3.63, 3.8) is 0 Å². The first-order valence-corrected chi connectivity index (χ1v) is 7.70. The molecule has 0 spiro atoms. The number of nitrogens with zero attached hydrogens (tertiary/aromatic N) is 1. The third-order valence-corrected chi connectivity index (χ3v) is 5.21. The fourth-order valence-corrected chi connectivity index (χ4v) is 3.69. The van der Waals surface area contributed by atoms with Crippen LogP contribution in [0, 0.1) is 11.3 Å². The molecule has 0 bridgehead atoms. The molecule has 0 heterocycles. The molecule has 19 heavy (non-hydrogen) atoms. The monoisotopic (exact) mass is 265 g/mol. The fourth-order valence-electron chi connectivity index (χ4n) is 3.69. The highest BCUT2D eigenvalue weighted by Crippen LogP contribution is 2.41. The van der Waals surface area contributed by atoms with E-state index in [-0.39, 0.29) is 17.4 Å². The minimum atomic E-state index is 0.133. The number of hydrogen-bond donors (Lipinski definition) is 0. The van der Waals surface area contributed by atoms with E-state index in [0.717, 1.165) is 25.7 Å². The Morgan fingerprint density at radius 3 is 2.37 bits per heavy atom. The summed E-state index contributed by atoms with van der Waals surface area (Å²) >= 11 is 0. The molecule has 2 fully saturated rings. The molecule has 1 amide bonds. The van der Waals surface area contributed by atoms with Crippen molar-refractivity contribution < 1.29 is 9.59 Å². The van der Waals surface area contributed by atoms with Crippen molar-refractivity contribution in [2.45, 2.75) is 71.3 Å². The van der Waals surface area contributed by atoms with Crippen molar-refractivity contribution in [1.82, 2.24) is 4.90 Å².